The molecule has 1 aromatic carbocycles. The largest absolute Gasteiger partial charge is 0.0842 e. The summed E-state index contributed by atoms with van der Waals surface area (Å²) in [5.41, 5.74) is 3.47. The van der Waals surface area contributed by atoms with Crippen molar-refractivity contribution in [3.05, 3.63) is 47.5 Å². The molecule has 1 aromatic rings. The van der Waals surface area contributed by atoms with E-state index in [0.717, 1.165) is 5.92 Å². The number of benzene rings is 1. The second-order valence-electron chi connectivity index (χ2n) is 5.53. The van der Waals surface area contributed by atoms with E-state index in [1.165, 1.54) is 18.4 Å². The van der Waals surface area contributed by atoms with E-state index in [4.69, 9.17) is 0 Å². The maximum Gasteiger partial charge on any atom is -0.00899 e. The summed E-state index contributed by atoms with van der Waals surface area (Å²) >= 11 is 0. The highest BCUT2D eigenvalue weighted by molar-refractivity contribution is 5.28. The highest BCUT2D eigenvalue weighted by atomic mass is 14.3. The van der Waals surface area contributed by atoms with Crippen molar-refractivity contribution in [2.75, 3.05) is 0 Å². The predicted molar refractivity (Wildman–Crippen MR) is 66.0 cm³/mol. The number of allylic oxidation sites excluding steroid dienone is 2. The van der Waals surface area contributed by atoms with E-state index >= 15 is 0 Å². The third-order valence-corrected chi connectivity index (χ3v) is 3.35. The summed E-state index contributed by atoms with van der Waals surface area (Å²) in [6.45, 7) is 6.94. The van der Waals surface area contributed by atoms with E-state index in [9.17, 15) is 0 Å². The van der Waals surface area contributed by atoms with Gasteiger partial charge in [-0.3, -0.25) is 0 Å². The fourth-order valence-electron chi connectivity index (χ4n) is 2.31. The predicted octanol–water partition coefficient (Wildman–Crippen LogP) is 4.54. The van der Waals surface area contributed by atoms with Crippen molar-refractivity contribution in [1.82, 2.24) is 0 Å². The molecule has 0 amide bonds. The maximum absolute atomic E-state index is 2.44. The standard InChI is InChI=1S/C15H20/c1-15(2,3)14-10-9-13(11-14)12-7-5-4-6-8-12/h4-8,10,13H,9,11H2,1-3H3. The molecule has 0 aromatic heterocycles. The van der Waals surface area contributed by atoms with Gasteiger partial charge >= 0.3 is 0 Å². The molecule has 1 aliphatic rings. The lowest BCUT2D eigenvalue weighted by Crippen LogP contribution is -2.08. The van der Waals surface area contributed by atoms with Crippen LogP contribution in [-0.2, 0) is 0 Å². The maximum atomic E-state index is 2.44. The van der Waals surface area contributed by atoms with Gasteiger partial charge in [-0.25, -0.2) is 0 Å². The number of hydrogen-bond acceptors (Lipinski definition) is 0. The van der Waals surface area contributed by atoms with Crippen LogP contribution in [-0.4, -0.2) is 0 Å². The smallest absolute Gasteiger partial charge is 0.00899 e. The fraction of sp³-hybridized carbons (Fsp3) is 0.467. The average Bonchev–Trinajstić information content (AvgIpc) is 2.67. The minimum Gasteiger partial charge on any atom is -0.0842 e. The fourth-order valence-corrected chi connectivity index (χ4v) is 2.31. The van der Waals surface area contributed by atoms with Crippen molar-refractivity contribution in [2.24, 2.45) is 5.41 Å². The Hall–Kier alpha value is -1.04. The quantitative estimate of drug-likeness (QED) is 0.584. The summed E-state index contributed by atoms with van der Waals surface area (Å²) in [4.78, 5) is 0. The summed E-state index contributed by atoms with van der Waals surface area (Å²) in [5, 5.41) is 0. The Morgan fingerprint density at radius 3 is 2.27 bits per heavy atom. The van der Waals surface area contributed by atoms with E-state index in [1.807, 2.05) is 0 Å². The molecule has 1 aliphatic carbocycles. The van der Waals surface area contributed by atoms with Crippen LogP contribution in [0, 0.1) is 5.41 Å². The number of hydrogen-bond donors (Lipinski definition) is 0. The van der Waals surface area contributed by atoms with Gasteiger partial charge in [0.2, 0.25) is 0 Å². The second-order valence-corrected chi connectivity index (χ2v) is 5.53. The Balaban J connectivity index is 2.09. The summed E-state index contributed by atoms with van der Waals surface area (Å²) in [6, 6.07) is 10.9. The van der Waals surface area contributed by atoms with Gasteiger partial charge in [0.1, 0.15) is 0 Å². The van der Waals surface area contributed by atoms with Crippen molar-refractivity contribution in [2.45, 2.75) is 39.5 Å². The Morgan fingerprint density at radius 2 is 1.73 bits per heavy atom. The minimum atomic E-state index is 0.351. The lowest BCUT2D eigenvalue weighted by Gasteiger charge is -2.21. The van der Waals surface area contributed by atoms with Crippen molar-refractivity contribution in [3.63, 3.8) is 0 Å². The average molecular weight is 200 g/mol. The van der Waals surface area contributed by atoms with Crippen LogP contribution in [0.1, 0.15) is 45.1 Å². The molecular formula is C15H20. The van der Waals surface area contributed by atoms with Crippen molar-refractivity contribution in [1.29, 1.82) is 0 Å². The lowest BCUT2D eigenvalue weighted by atomic mass is 9.84. The molecule has 1 unspecified atom stereocenters. The van der Waals surface area contributed by atoms with E-state index in [1.54, 1.807) is 5.57 Å². The highest BCUT2D eigenvalue weighted by Gasteiger charge is 2.25. The first-order valence-electron chi connectivity index (χ1n) is 5.82. The number of rotatable bonds is 1. The van der Waals surface area contributed by atoms with Gasteiger partial charge in [0.15, 0.2) is 0 Å². The van der Waals surface area contributed by atoms with Crippen molar-refractivity contribution >= 4 is 0 Å². The molecule has 0 aliphatic heterocycles. The van der Waals surface area contributed by atoms with Crippen LogP contribution >= 0.6 is 0 Å². The third-order valence-electron chi connectivity index (χ3n) is 3.35. The summed E-state index contributed by atoms with van der Waals surface area (Å²) in [7, 11) is 0. The minimum absolute atomic E-state index is 0.351. The van der Waals surface area contributed by atoms with E-state index < -0.39 is 0 Å². The molecular weight excluding hydrogens is 180 g/mol. The molecule has 15 heavy (non-hydrogen) atoms. The molecule has 0 N–H and O–H groups in total. The molecule has 0 heteroatoms. The molecule has 0 nitrogen and oxygen atoms in total. The van der Waals surface area contributed by atoms with Gasteiger partial charge in [0.25, 0.3) is 0 Å². The highest BCUT2D eigenvalue weighted by Crippen LogP contribution is 2.41. The SMILES string of the molecule is CC(C)(C)C1=CCC(c2ccccc2)C1. The van der Waals surface area contributed by atoms with Gasteiger partial charge in [0.05, 0.1) is 0 Å². The van der Waals surface area contributed by atoms with Crippen LogP contribution in [0.3, 0.4) is 0 Å². The van der Waals surface area contributed by atoms with Crippen LogP contribution in [0.4, 0.5) is 0 Å². The second kappa shape index (κ2) is 3.84. The van der Waals surface area contributed by atoms with E-state index in [-0.39, 0.29) is 0 Å². The summed E-state index contributed by atoms with van der Waals surface area (Å²) in [6.07, 6.45) is 4.90. The molecule has 0 spiro atoms. The van der Waals surface area contributed by atoms with Crippen molar-refractivity contribution < 1.29 is 0 Å². The molecule has 0 heterocycles. The molecule has 80 valence electrons. The third kappa shape index (κ3) is 2.31. The Morgan fingerprint density at radius 1 is 1.07 bits per heavy atom. The summed E-state index contributed by atoms with van der Waals surface area (Å²) < 4.78 is 0. The molecule has 0 saturated carbocycles. The summed E-state index contributed by atoms with van der Waals surface area (Å²) in [5.74, 6) is 0.723. The first kappa shape index (κ1) is 10.5. The normalized spacial score (nSPS) is 21.5. The van der Waals surface area contributed by atoms with Crippen molar-refractivity contribution in [3.8, 4) is 0 Å². The van der Waals surface area contributed by atoms with Gasteiger partial charge in [-0.05, 0) is 29.7 Å². The van der Waals surface area contributed by atoms with E-state index in [0.29, 0.717) is 5.41 Å². The van der Waals surface area contributed by atoms with Crippen LogP contribution in [0.15, 0.2) is 42.0 Å². The van der Waals surface area contributed by atoms with Gasteiger partial charge in [-0.15, -0.1) is 0 Å². The van der Waals surface area contributed by atoms with Crippen LogP contribution in [0.25, 0.3) is 0 Å². The van der Waals surface area contributed by atoms with Gasteiger partial charge in [-0.1, -0.05) is 62.8 Å². The topological polar surface area (TPSA) is 0 Å². The Kier molecular flexibility index (Phi) is 2.68. The van der Waals surface area contributed by atoms with E-state index in [2.05, 4.69) is 57.2 Å². The molecule has 0 radical (unpaired) electrons. The van der Waals surface area contributed by atoms with Gasteiger partial charge < -0.3 is 0 Å². The Bertz CT molecular complexity index is 351. The van der Waals surface area contributed by atoms with Gasteiger partial charge in [-0.2, -0.15) is 0 Å². The molecule has 0 fully saturated rings. The zero-order valence-corrected chi connectivity index (χ0v) is 9.96. The zero-order chi connectivity index (χ0) is 10.9. The Labute approximate surface area is 93.0 Å². The lowest BCUT2D eigenvalue weighted by molar-refractivity contribution is 0.482. The van der Waals surface area contributed by atoms with Crippen LogP contribution < -0.4 is 0 Å². The first-order chi connectivity index (χ1) is 7.07. The zero-order valence-electron chi connectivity index (χ0n) is 9.96. The molecule has 0 saturated heterocycles. The van der Waals surface area contributed by atoms with Crippen LogP contribution in [0.2, 0.25) is 0 Å². The monoisotopic (exact) mass is 200 g/mol. The molecule has 1 atom stereocenters. The molecule has 0 bridgehead atoms. The molecule has 2 rings (SSSR count). The van der Waals surface area contributed by atoms with Crippen LogP contribution in [0.5, 0.6) is 0 Å². The first-order valence-corrected chi connectivity index (χ1v) is 5.82. The van der Waals surface area contributed by atoms with Gasteiger partial charge in [0, 0.05) is 0 Å².